The molecule has 0 spiro atoms. The summed E-state index contributed by atoms with van der Waals surface area (Å²) in [5.74, 6) is -1.37. The molecule has 1 aliphatic rings. The average Bonchev–Trinajstić information content (AvgIpc) is 3.31. The fraction of sp³-hybridized carbons (Fsp3) is 0.409. The van der Waals surface area contributed by atoms with E-state index in [1.54, 1.807) is 25.3 Å². The number of ketones is 1. The van der Waals surface area contributed by atoms with Crippen molar-refractivity contribution < 1.29 is 28.3 Å². The van der Waals surface area contributed by atoms with E-state index in [0.29, 0.717) is 23.4 Å². The first-order valence-electron chi connectivity index (χ1n) is 9.67. The maximum atomic E-state index is 13.4. The molecular formula is C22H25FN2O5. The largest absolute Gasteiger partial charge is 0.454 e. The Labute approximate surface area is 174 Å². The highest BCUT2D eigenvalue weighted by Crippen LogP contribution is 2.22. The standard InChI is InChI=1S/C22H25FN2O5/c1-13-8-18(15(3)25(13)14(2)11-28-4)20(26)12-29-22(27)21-10-19(24-30-21)16-6-5-7-17(23)9-16/h5-9,14,21H,10-12H2,1-4H3. The summed E-state index contributed by atoms with van der Waals surface area (Å²) in [6, 6.07) is 7.74. The van der Waals surface area contributed by atoms with Crippen LogP contribution >= 0.6 is 0 Å². The van der Waals surface area contributed by atoms with E-state index in [-0.39, 0.29) is 18.2 Å². The lowest BCUT2D eigenvalue weighted by molar-refractivity contribution is -0.154. The molecule has 0 saturated carbocycles. The van der Waals surface area contributed by atoms with Crippen molar-refractivity contribution in [2.45, 2.75) is 39.3 Å². The third-order valence-corrected chi connectivity index (χ3v) is 5.07. The van der Waals surface area contributed by atoms with Crippen LogP contribution in [0.1, 0.15) is 46.7 Å². The summed E-state index contributed by atoms with van der Waals surface area (Å²) in [4.78, 5) is 30.1. The van der Waals surface area contributed by atoms with Crippen LogP contribution in [0.2, 0.25) is 0 Å². The van der Waals surface area contributed by atoms with Crippen molar-refractivity contribution in [3.63, 3.8) is 0 Å². The maximum Gasteiger partial charge on any atom is 0.351 e. The summed E-state index contributed by atoms with van der Waals surface area (Å²) in [6.45, 7) is 5.90. The molecule has 8 heteroatoms. The number of nitrogens with zero attached hydrogens (tertiary/aromatic N) is 2. The maximum absolute atomic E-state index is 13.4. The van der Waals surface area contributed by atoms with Crippen LogP contribution in [0.15, 0.2) is 35.5 Å². The Morgan fingerprint density at radius 1 is 1.33 bits per heavy atom. The number of esters is 1. The van der Waals surface area contributed by atoms with Gasteiger partial charge >= 0.3 is 5.97 Å². The molecule has 7 nitrogen and oxygen atoms in total. The van der Waals surface area contributed by atoms with Crippen molar-refractivity contribution in [1.29, 1.82) is 0 Å². The van der Waals surface area contributed by atoms with Gasteiger partial charge in [-0.15, -0.1) is 0 Å². The SMILES string of the molecule is COCC(C)n1c(C)cc(C(=O)COC(=O)C2CC(c3cccc(F)c3)=NO2)c1C. The van der Waals surface area contributed by atoms with Crippen molar-refractivity contribution in [1.82, 2.24) is 4.57 Å². The van der Waals surface area contributed by atoms with Crippen LogP contribution in [-0.2, 0) is 19.1 Å². The van der Waals surface area contributed by atoms with E-state index in [4.69, 9.17) is 14.3 Å². The van der Waals surface area contributed by atoms with Gasteiger partial charge in [0.1, 0.15) is 5.82 Å². The second kappa shape index (κ2) is 9.21. The number of aryl methyl sites for hydroxylation is 1. The number of hydrogen-bond acceptors (Lipinski definition) is 6. The summed E-state index contributed by atoms with van der Waals surface area (Å²) < 4.78 is 25.8. The van der Waals surface area contributed by atoms with Crippen LogP contribution in [0.5, 0.6) is 0 Å². The number of carbonyl (C=O) groups is 2. The topological polar surface area (TPSA) is 79.1 Å². The zero-order valence-electron chi connectivity index (χ0n) is 17.5. The van der Waals surface area contributed by atoms with Gasteiger partial charge < -0.3 is 18.9 Å². The van der Waals surface area contributed by atoms with Crippen LogP contribution in [-0.4, -0.2) is 48.5 Å². The highest BCUT2D eigenvalue weighted by Gasteiger charge is 2.31. The molecule has 30 heavy (non-hydrogen) atoms. The molecule has 2 atom stereocenters. The third kappa shape index (κ3) is 4.59. The first-order valence-corrected chi connectivity index (χ1v) is 9.67. The number of rotatable bonds is 8. The minimum atomic E-state index is -0.953. The number of hydrogen-bond donors (Lipinski definition) is 0. The Balaban J connectivity index is 1.58. The second-order valence-electron chi connectivity index (χ2n) is 7.34. The van der Waals surface area contributed by atoms with Gasteiger partial charge in [0.15, 0.2) is 6.61 Å². The summed E-state index contributed by atoms with van der Waals surface area (Å²) in [6.07, 6.45) is -0.801. The van der Waals surface area contributed by atoms with Gasteiger partial charge in [0.05, 0.1) is 18.4 Å². The van der Waals surface area contributed by atoms with Crippen molar-refractivity contribution in [3.05, 3.63) is 58.7 Å². The highest BCUT2D eigenvalue weighted by molar-refractivity contribution is 6.04. The van der Waals surface area contributed by atoms with Crippen LogP contribution in [0.4, 0.5) is 4.39 Å². The quantitative estimate of drug-likeness (QED) is 0.487. The van der Waals surface area contributed by atoms with Gasteiger partial charge in [-0.25, -0.2) is 9.18 Å². The van der Waals surface area contributed by atoms with Crippen molar-refractivity contribution in [2.24, 2.45) is 5.16 Å². The molecule has 2 heterocycles. The zero-order chi connectivity index (χ0) is 21.8. The summed E-state index contributed by atoms with van der Waals surface area (Å²) in [7, 11) is 1.63. The van der Waals surface area contributed by atoms with Crippen LogP contribution < -0.4 is 0 Å². The smallest absolute Gasteiger partial charge is 0.351 e. The molecule has 3 rings (SSSR count). The summed E-state index contributed by atoms with van der Waals surface area (Å²) >= 11 is 0. The number of Topliss-reactive ketones (excluding diaryl/α,β-unsaturated/α-hetero) is 1. The highest BCUT2D eigenvalue weighted by atomic mass is 19.1. The molecule has 160 valence electrons. The molecule has 1 aromatic heterocycles. The lowest BCUT2D eigenvalue weighted by Crippen LogP contribution is -2.26. The van der Waals surface area contributed by atoms with Gasteiger partial charge in [-0.2, -0.15) is 0 Å². The molecule has 0 fully saturated rings. The Morgan fingerprint density at radius 2 is 2.10 bits per heavy atom. The number of benzene rings is 1. The molecule has 0 bridgehead atoms. The van der Waals surface area contributed by atoms with Crippen molar-refractivity contribution in [3.8, 4) is 0 Å². The van der Waals surface area contributed by atoms with Gasteiger partial charge in [0, 0.05) is 36.0 Å². The minimum absolute atomic E-state index is 0.0735. The van der Waals surface area contributed by atoms with Crippen LogP contribution in [0.25, 0.3) is 0 Å². The number of oxime groups is 1. The monoisotopic (exact) mass is 416 g/mol. The lowest BCUT2D eigenvalue weighted by Gasteiger charge is -2.17. The fourth-order valence-corrected chi connectivity index (χ4v) is 3.70. The first kappa shape index (κ1) is 21.7. The summed E-state index contributed by atoms with van der Waals surface area (Å²) in [5.41, 5.74) is 3.23. The van der Waals surface area contributed by atoms with Gasteiger partial charge in [0.2, 0.25) is 11.9 Å². The normalized spacial score (nSPS) is 16.7. The molecule has 2 aromatic rings. The number of methoxy groups -OCH3 is 1. The molecule has 1 aliphatic heterocycles. The molecule has 1 aromatic carbocycles. The Morgan fingerprint density at radius 3 is 2.80 bits per heavy atom. The average molecular weight is 416 g/mol. The molecule has 2 unspecified atom stereocenters. The van der Waals surface area contributed by atoms with Crippen molar-refractivity contribution >= 4 is 17.5 Å². The number of aromatic nitrogens is 1. The Bertz CT molecular complexity index is 982. The van der Waals surface area contributed by atoms with E-state index in [0.717, 1.165) is 11.4 Å². The van der Waals surface area contributed by atoms with Gasteiger partial charge in [-0.1, -0.05) is 17.3 Å². The van der Waals surface area contributed by atoms with Crippen LogP contribution in [0, 0.1) is 19.7 Å². The minimum Gasteiger partial charge on any atom is -0.454 e. The second-order valence-corrected chi connectivity index (χ2v) is 7.34. The zero-order valence-corrected chi connectivity index (χ0v) is 17.5. The molecule has 0 amide bonds. The number of halogens is 1. The van der Waals surface area contributed by atoms with E-state index in [2.05, 4.69) is 5.16 Å². The predicted octanol–water partition coefficient (Wildman–Crippen LogP) is 3.37. The molecule has 0 N–H and O–H groups in total. The lowest BCUT2D eigenvalue weighted by atomic mass is 10.1. The molecule has 0 aliphatic carbocycles. The summed E-state index contributed by atoms with van der Waals surface area (Å²) in [5, 5.41) is 3.85. The van der Waals surface area contributed by atoms with E-state index in [1.807, 2.05) is 25.3 Å². The van der Waals surface area contributed by atoms with Crippen molar-refractivity contribution in [2.75, 3.05) is 20.3 Å². The third-order valence-electron chi connectivity index (χ3n) is 5.07. The predicted molar refractivity (Wildman–Crippen MR) is 108 cm³/mol. The van der Waals surface area contributed by atoms with Crippen LogP contribution in [0.3, 0.4) is 0 Å². The Hall–Kier alpha value is -3.00. The van der Waals surface area contributed by atoms with Gasteiger partial charge in [0.25, 0.3) is 0 Å². The molecular weight excluding hydrogens is 391 g/mol. The van der Waals surface area contributed by atoms with E-state index in [9.17, 15) is 14.0 Å². The van der Waals surface area contributed by atoms with E-state index in [1.165, 1.54) is 12.1 Å². The Kier molecular flexibility index (Phi) is 6.66. The first-order chi connectivity index (χ1) is 14.3. The van der Waals surface area contributed by atoms with Gasteiger partial charge in [-0.3, -0.25) is 4.79 Å². The van der Waals surface area contributed by atoms with Gasteiger partial charge in [-0.05, 0) is 39.0 Å². The molecule has 0 saturated heterocycles. The number of ether oxygens (including phenoxy) is 2. The van der Waals surface area contributed by atoms with E-state index >= 15 is 0 Å². The molecule has 0 radical (unpaired) electrons. The fourth-order valence-electron chi connectivity index (χ4n) is 3.70. The van der Waals surface area contributed by atoms with E-state index < -0.39 is 24.5 Å². The number of carbonyl (C=O) groups excluding carboxylic acids is 2.